The van der Waals surface area contributed by atoms with Gasteiger partial charge in [0, 0.05) is 10.9 Å². The van der Waals surface area contributed by atoms with Crippen LogP contribution in [0.15, 0.2) is 76.0 Å². The molecule has 0 spiro atoms. The number of carbonyl (C=O) groups excluding carboxylic acids is 1. The molecule has 0 saturated heterocycles. The Morgan fingerprint density at radius 2 is 1.81 bits per heavy atom. The maximum Gasteiger partial charge on any atom is 0.264 e. The molecule has 1 amide bonds. The van der Waals surface area contributed by atoms with Crippen LogP contribution in [0.3, 0.4) is 0 Å². The molecule has 0 unspecified atom stereocenters. The maximum atomic E-state index is 13.4. The number of anilines is 1. The normalized spacial score (nSPS) is 11.3. The van der Waals surface area contributed by atoms with Crippen LogP contribution in [0.5, 0.6) is 11.5 Å². The molecule has 8 nitrogen and oxygen atoms in total. The highest BCUT2D eigenvalue weighted by molar-refractivity contribution is 7.92. The van der Waals surface area contributed by atoms with Crippen molar-refractivity contribution in [3.8, 4) is 11.5 Å². The van der Waals surface area contributed by atoms with Crippen LogP contribution in [-0.2, 0) is 14.8 Å². The van der Waals surface area contributed by atoms with Crippen molar-refractivity contribution in [1.82, 2.24) is 5.43 Å². The van der Waals surface area contributed by atoms with Crippen LogP contribution in [0.2, 0.25) is 0 Å². The van der Waals surface area contributed by atoms with Crippen molar-refractivity contribution in [1.29, 1.82) is 0 Å². The van der Waals surface area contributed by atoms with E-state index >= 15 is 0 Å². The Hall–Kier alpha value is -3.37. The van der Waals surface area contributed by atoms with E-state index < -0.39 is 22.5 Å². The van der Waals surface area contributed by atoms with Crippen LogP contribution in [0.1, 0.15) is 4.88 Å². The summed E-state index contributed by atoms with van der Waals surface area (Å²) in [4.78, 5) is 13.3. The van der Waals surface area contributed by atoms with Crippen LogP contribution in [0, 0.1) is 0 Å². The number of para-hydroxylation sites is 1. The zero-order valence-electron chi connectivity index (χ0n) is 16.9. The van der Waals surface area contributed by atoms with E-state index in [0.717, 1.165) is 9.18 Å². The number of benzene rings is 2. The summed E-state index contributed by atoms with van der Waals surface area (Å²) >= 11 is 1.46. The molecule has 3 rings (SSSR count). The second-order valence-corrected chi connectivity index (χ2v) is 9.01. The number of carbonyl (C=O) groups is 1. The SMILES string of the molecule is COc1ccc(S(=O)(=O)N(CC(=O)N/N=C\c2cccs2)c2ccccc2)cc1OC. The number of hydrogen-bond acceptors (Lipinski definition) is 7. The minimum atomic E-state index is -4.09. The fraction of sp³-hybridized carbons (Fsp3) is 0.143. The summed E-state index contributed by atoms with van der Waals surface area (Å²) in [6, 6.07) is 16.3. The standard InChI is InChI=1S/C21H21N3O5S2/c1-28-19-11-10-18(13-20(19)29-2)31(26,27)24(16-7-4-3-5-8-16)15-21(25)23-22-14-17-9-6-12-30-17/h3-14H,15H2,1-2H3,(H,23,25)/b22-14-. The lowest BCUT2D eigenvalue weighted by molar-refractivity contribution is -0.119. The number of methoxy groups -OCH3 is 2. The summed E-state index contributed by atoms with van der Waals surface area (Å²) in [6.07, 6.45) is 1.50. The minimum Gasteiger partial charge on any atom is -0.493 e. The van der Waals surface area contributed by atoms with E-state index in [2.05, 4.69) is 10.5 Å². The quantitative estimate of drug-likeness (QED) is 0.392. The summed E-state index contributed by atoms with van der Waals surface area (Å²) in [5, 5.41) is 5.78. The number of ether oxygens (including phenoxy) is 2. The molecular formula is C21H21N3O5S2. The zero-order valence-corrected chi connectivity index (χ0v) is 18.5. The molecule has 10 heteroatoms. The third-order valence-corrected chi connectivity index (χ3v) is 6.78. The van der Waals surface area contributed by atoms with Crippen LogP contribution in [0.4, 0.5) is 5.69 Å². The Labute approximate surface area is 184 Å². The van der Waals surface area contributed by atoms with Crippen LogP contribution in [-0.4, -0.2) is 41.3 Å². The fourth-order valence-corrected chi connectivity index (χ4v) is 4.73. The molecule has 1 N–H and O–H groups in total. The Balaban J connectivity index is 1.89. The summed E-state index contributed by atoms with van der Waals surface area (Å²) in [7, 11) is -1.21. The Bertz CT molecular complexity index is 1150. The van der Waals surface area contributed by atoms with Gasteiger partial charge in [-0.25, -0.2) is 13.8 Å². The first-order valence-corrected chi connectivity index (χ1v) is 11.4. The molecule has 1 aromatic heterocycles. The van der Waals surface area contributed by atoms with Crippen molar-refractivity contribution in [2.24, 2.45) is 5.10 Å². The summed E-state index contributed by atoms with van der Waals surface area (Å²) < 4.78 is 38.2. The molecule has 2 aromatic carbocycles. The van der Waals surface area contributed by atoms with E-state index in [1.807, 2.05) is 17.5 Å². The lowest BCUT2D eigenvalue weighted by Gasteiger charge is -2.24. The van der Waals surface area contributed by atoms with Gasteiger partial charge in [0.05, 0.1) is 31.0 Å². The molecule has 0 atom stereocenters. The average molecular weight is 460 g/mol. The van der Waals surface area contributed by atoms with Gasteiger partial charge in [-0.05, 0) is 35.7 Å². The van der Waals surface area contributed by atoms with E-state index in [1.165, 1.54) is 50.0 Å². The number of rotatable bonds is 9. The molecule has 1 heterocycles. The van der Waals surface area contributed by atoms with E-state index in [1.54, 1.807) is 30.3 Å². The highest BCUT2D eigenvalue weighted by Gasteiger charge is 2.28. The summed E-state index contributed by atoms with van der Waals surface area (Å²) in [6.45, 7) is -0.456. The largest absolute Gasteiger partial charge is 0.493 e. The van der Waals surface area contributed by atoms with Crippen LogP contribution < -0.4 is 19.2 Å². The molecule has 3 aromatic rings. The first kappa shape index (κ1) is 22.3. The predicted octanol–water partition coefficient (Wildman–Crippen LogP) is 3.11. The zero-order chi connectivity index (χ0) is 22.3. The molecule has 0 bridgehead atoms. The lowest BCUT2D eigenvalue weighted by Crippen LogP contribution is -2.39. The number of thiophene rings is 1. The number of nitrogens with zero attached hydrogens (tertiary/aromatic N) is 2. The molecule has 0 aliphatic heterocycles. The molecule has 0 aliphatic rings. The van der Waals surface area contributed by atoms with Gasteiger partial charge in [0.15, 0.2) is 11.5 Å². The topological polar surface area (TPSA) is 97.3 Å². The van der Waals surface area contributed by atoms with Gasteiger partial charge >= 0.3 is 0 Å². The van der Waals surface area contributed by atoms with Crippen molar-refractivity contribution in [3.63, 3.8) is 0 Å². The Morgan fingerprint density at radius 1 is 1.06 bits per heavy atom. The van der Waals surface area contributed by atoms with E-state index in [0.29, 0.717) is 11.4 Å². The molecule has 0 saturated carbocycles. The Kier molecular flexibility index (Phi) is 7.27. The molecular weight excluding hydrogens is 438 g/mol. The van der Waals surface area contributed by atoms with Gasteiger partial charge in [0.2, 0.25) is 0 Å². The average Bonchev–Trinajstić information content (AvgIpc) is 3.31. The van der Waals surface area contributed by atoms with Gasteiger partial charge in [0.25, 0.3) is 15.9 Å². The second kappa shape index (κ2) is 10.1. The van der Waals surface area contributed by atoms with Gasteiger partial charge in [-0.3, -0.25) is 9.10 Å². The maximum absolute atomic E-state index is 13.4. The third kappa shape index (κ3) is 5.41. The van der Waals surface area contributed by atoms with Crippen molar-refractivity contribution in [2.75, 3.05) is 25.1 Å². The Morgan fingerprint density at radius 3 is 2.45 bits per heavy atom. The summed E-state index contributed by atoms with van der Waals surface area (Å²) in [5.41, 5.74) is 2.71. The molecule has 0 aliphatic carbocycles. The number of hydrogen-bond donors (Lipinski definition) is 1. The first-order chi connectivity index (χ1) is 15.0. The monoisotopic (exact) mass is 459 g/mol. The van der Waals surface area contributed by atoms with Crippen molar-refractivity contribution in [3.05, 3.63) is 70.9 Å². The van der Waals surface area contributed by atoms with Gasteiger partial charge in [-0.15, -0.1) is 11.3 Å². The molecule has 31 heavy (non-hydrogen) atoms. The lowest BCUT2D eigenvalue weighted by atomic mass is 10.3. The molecule has 0 fully saturated rings. The van der Waals surface area contributed by atoms with Crippen molar-refractivity contribution in [2.45, 2.75) is 4.90 Å². The van der Waals surface area contributed by atoms with Gasteiger partial charge < -0.3 is 9.47 Å². The van der Waals surface area contributed by atoms with Gasteiger partial charge in [0.1, 0.15) is 6.54 Å². The molecule has 162 valence electrons. The van der Waals surface area contributed by atoms with Crippen LogP contribution in [0.25, 0.3) is 0 Å². The van der Waals surface area contributed by atoms with Crippen LogP contribution >= 0.6 is 11.3 Å². The van der Waals surface area contributed by atoms with Crippen molar-refractivity contribution >= 4 is 39.2 Å². The van der Waals surface area contributed by atoms with E-state index in [4.69, 9.17) is 9.47 Å². The van der Waals surface area contributed by atoms with E-state index in [-0.39, 0.29) is 10.6 Å². The highest BCUT2D eigenvalue weighted by atomic mass is 32.2. The first-order valence-electron chi connectivity index (χ1n) is 9.11. The number of nitrogens with one attached hydrogen (secondary N) is 1. The number of sulfonamides is 1. The second-order valence-electron chi connectivity index (χ2n) is 6.17. The third-order valence-electron chi connectivity index (χ3n) is 4.20. The van der Waals surface area contributed by atoms with Gasteiger partial charge in [-0.2, -0.15) is 5.10 Å². The molecule has 0 radical (unpaired) electrons. The summed E-state index contributed by atoms with van der Waals surface area (Å²) in [5.74, 6) is 0.0793. The fourth-order valence-electron chi connectivity index (χ4n) is 2.71. The van der Waals surface area contributed by atoms with Crippen molar-refractivity contribution < 1.29 is 22.7 Å². The number of hydrazone groups is 1. The predicted molar refractivity (Wildman–Crippen MR) is 121 cm³/mol. The number of amides is 1. The highest BCUT2D eigenvalue weighted by Crippen LogP contribution is 2.32. The van der Waals surface area contributed by atoms with Gasteiger partial charge in [-0.1, -0.05) is 24.3 Å². The smallest absolute Gasteiger partial charge is 0.264 e. The van der Waals surface area contributed by atoms with E-state index in [9.17, 15) is 13.2 Å². The minimum absolute atomic E-state index is 0.0381.